The Balaban J connectivity index is 1.88. The zero-order chi connectivity index (χ0) is 19.4. The lowest BCUT2D eigenvalue weighted by atomic mass is 10.2. The number of rotatable bonds is 6. The second-order valence-corrected chi connectivity index (χ2v) is 7.05. The van der Waals surface area contributed by atoms with Crippen molar-refractivity contribution in [2.45, 2.75) is 26.7 Å². The highest BCUT2D eigenvalue weighted by molar-refractivity contribution is 6.02. The molecule has 1 fully saturated rings. The van der Waals surface area contributed by atoms with Crippen molar-refractivity contribution in [1.82, 2.24) is 24.1 Å². The molecule has 27 heavy (non-hydrogen) atoms. The lowest BCUT2D eigenvalue weighted by Crippen LogP contribution is -2.48. The van der Waals surface area contributed by atoms with Gasteiger partial charge in [0.2, 0.25) is 5.82 Å². The van der Waals surface area contributed by atoms with Crippen molar-refractivity contribution in [1.29, 1.82) is 0 Å². The highest BCUT2D eigenvalue weighted by atomic mass is 16.2. The molecule has 1 aliphatic heterocycles. The molecule has 0 atom stereocenters. The van der Waals surface area contributed by atoms with E-state index in [1.54, 1.807) is 22.5 Å². The number of hydrogen-bond donors (Lipinski definition) is 0. The first-order valence-corrected chi connectivity index (χ1v) is 9.81. The van der Waals surface area contributed by atoms with Gasteiger partial charge in [-0.05, 0) is 25.1 Å². The second-order valence-electron chi connectivity index (χ2n) is 7.05. The molecule has 0 N–H and O–H groups in total. The lowest BCUT2D eigenvalue weighted by Gasteiger charge is -2.33. The molecule has 0 saturated carbocycles. The summed E-state index contributed by atoms with van der Waals surface area (Å²) in [4.78, 5) is 36.3. The van der Waals surface area contributed by atoms with Crippen LogP contribution in [0.25, 0.3) is 5.52 Å². The van der Waals surface area contributed by atoms with E-state index in [0.717, 1.165) is 32.5 Å². The number of fused-ring (bicyclic) bond motifs is 1. The van der Waals surface area contributed by atoms with Crippen molar-refractivity contribution in [3.63, 3.8) is 0 Å². The maximum absolute atomic E-state index is 13.1. The third-order valence-electron chi connectivity index (χ3n) is 5.24. The van der Waals surface area contributed by atoms with Gasteiger partial charge in [-0.1, -0.05) is 26.3 Å². The Morgan fingerprint density at radius 1 is 1.15 bits per heavy atom. The second kappa shape index (κ2) is 8.52. The maximum atomic E-state index is 13.1. The molecule has 2 aromatic rings. The normalized spacial score (nSPS) is 15.3. The quantitative estimate of drug-likeness (QED) is 0.779. The van der Waals surface area contributed by atoms with Crippen molar-refractivity contribution < 1.29 is 9.59 Å². The molecule has 7 nitrogen and oxygen atoms in total. The lowest BCUT2D eigenvalue weighted by molar-refractivity contribution is 0.0630. The van der Waals surface area contributed by atoms with Gasteiger partial charge in [-0.2, -0.15) is 0 Å². The summed E-state index contributed by atoms with van der Waals surface area (Å²) >= 11 is 0. The van der Waals surface area contributed by atoms with Crippen LogP contribution in [0.3, 0.4) is 0 Å². The SMILES string of the molecule is CCCCN(C)C(=O)c1nc(C(=O)N2CCN(CC)CC2)n2ccccc12. The molecule has 0 bridgehead atoms. The van der Waals surface area contributed by atoms with Gasteiger partial charge in [0.05, 0.1) is 5.52 Å². The molecule has 3 heterocycles. The van der Waals surface area contributed by atoms with E-state index in [1.165, 1.54) is 0 Å². The number of aromatic nitrogens is 2. The monoisotopic (exact) mass is 371 g/mol. The van der Waals surface area contributed by atoms with Crippen molar-refractivity contribution in [2.75, 3.05) is 46.3 Å². The Labute approximate surface area is 160 Å². The Morgan fingerprint density at radius 3 is 2.56 bits per heavy atom. The molecule has 0 spiro atoms. The van der Waals surface area contributed by atoms with Gasteiger partial charge in [0.1, 0.15) is 0 Å². The molecule has 0 aliphatic carbocycles. The molecule has 0 aromatic carbocycles. The number of nitrogens with zero attached hydrogens (tertiary/aromatic N) is 5. The Kier molecular flexibility index (Phi) is 6.11. The third-order valence-corrected chi connectivity index (χ3v) is 5.24. The number of imidazole rings is 1. The first-order chi connectivity index (χ1) is 13.1. The minimum atomic E-state index is -0.137. The van der Waals surface area contributed by atoms with E-state index in [0.29, 0.717) is 36.7 Å². The van der Waals surface area contributed by atoms with Crippen molar-refractivity contribution in [3.8, 4) is 0 Å². The highest BCUT2D eigenvalue weighted by Crippen LogP contribution is 2.17. The third kappa shape index (κ3) is 3.98. The number of hydrogen-bond acceptors (Lipinski definition) is 4. The molecular weight excluding hydrogens is 342 g/mol. The van der Waals surface area contributed by atoms with E-state index < -0.39 is 0 Å². The number of carbonyl (C=O) groups excluding carboxylic acids is 2. The molecule has 2 aromatic heterocycles. The molecule has 0 unspecified atom stereocenters. The average Bonchev–Trinajstić information content (AvgIpc) is 3.10. The van der Waals surface area contributed by atoms with E-state index in [2.05, 4.69) is 23.7 Å². The van der Waals surface area contributed by atoms with Crippen molar-refractivity contribution >= 4 is 17.3 Å². The molecular formula is C20H29N5O2. The summed E-state index contributed by atoms with van der Waals surface area (Å²) in [6.07, 6.45) is 3.78. The van der Waals surface area contributed by atoms with Crippen LogP contribution in [0.5, 0.6) is 0 Å². The number of amides is 2. The van der Waals surface area contributed by atoms with Gasteiger partial charge < -0.3 is 14.7 Å². The molecule has 7 heteroatoms. The zero-order valence-corrected chi connectivity index (χ0v) is 16.5. The maximum Gasteiger partial charge on any atom is 0.290 e. The van der Waals surface area contributed by atoms with Crippen LogP contribution in [0.15, 0.2) is 24.4 Å². The van der Waals surface area contributed by atoms with Crippen molar-refractivity contribution in [3.05, 3.63) is 35.9 Å². The fourth-order valence-electron chi connectivity index (χ4n) is 3.43. The summed E-state index contributed by atoms with van der Waals surface area (Å²) < 4.78 is 1.75. The number of likely N-dealkylation sites (N-methyl/N-ethyl adjacent to an activating group) is 1. The number of piperazine rings is 1. The van der Waals surface area contributed by atoms with Gasteiger partial charge in [-0.15, -0.1) is 0 Å². The predicted octanol–water partition coefficient (Wildman–Crippen LogP) is 1.98. The van der Waals surface area contributed by atoms with E-state index in [9.17, 15) is 9.59 Å². The van der Waals surface area contributed by atoms with Gasteiger partial charge >= 0.3 is 0 Å². The largest absolute Gasteiger partial charge is 0.340 e. The van der Waals surface area contributed by atoms with Crippen LogP contribution in [0, 0.1) is 0 Å². The number of carbonyl (C=O) groups is 2. The van der Waals surface area contributed by atoms with E-state index >= 15 is 0 Å². The Bertz CT molecular complexity index is 808. The minimum absolute atomic E-state index is 0.109. The fourth-order valence-corrected chi connectivity index (χ4v) is 3.43. The van der Waals surface area contributed by atoms with E-state index in [1.807, 2.05) is 23.1 Å². The highest BCUT2D eigenvalue weighted by Gasteiger charge is 2.28. The first kappa shape index (κ1) is 19.4. The molecule has 0 radical (unpaired) electrons. The van der Waals surface area contributed by atoms with Crippen LogP contribution in [0.1, 0.15) is 47.8 Å². The summed E-state index contributed by atoms with van der Waals surface area (Å²) in [5.74, 6) is 0.0759. The minimum Gasteiger partial charge on any atom is -0.340 e. The fraction of sp³-hybridized carbons (Fsp3) is 0.550. The summed E-state index contributed by atoms with van der Waals surface area (Å²) in [6, 6.07) is 5.57. The van der Waals surface area contributed by atoms with E-state index in [4.69, 9.17) is 0 Å². The van der Waals surface area contributed by atoms with Gasteiger partial charge in [0.25, 0.3) is 11.8 Å². The molecule has 1 aliphatic rings. The molecule has 2 amide bonds. The Morgan fingerprint density at radius 2 is 1.89 bits per heavy atom. The van der Waals surface area contributed by atoms with Crippen LogP contribution in [-0.2, 0) is 0 Å². The van der Waals surface area contributed by atoms with Crippen molar-refractivity contribution in [2.24, 2.45) is 0 Å². The standard InChI is InChI=1S/C20H29N5O2/c1-4-6-10-22(3)19(26)17-16-9-7-8-11-25(16)18(21-17)20(27)24-14-12-23(5-2)13-15-24/h7-9,11H,4-6,10,12-15H2,1-3H3. The topological polar surface area (TPSA) is 61.2 Å². The van der Waals surface area contributed by atoms with Crippen LogP contribution < -0.4 is 0 Å². The summed E-state index contributed by atoms with van der Waals surface area (Å²) in [7, 11) is 1.79. The molecule has 3 rings (SSSR count). The van der Waals surface area contributed by atoms with Gasteiger partial charge in [0.15, 0.2) is 5.69 Å². The van der Waals surface area contributed by atoms with Crippen LogP contribution in [0.2, 0.25) is 0 Å². The number of unbranched alkanes of at least 4 members (excludes halogenated alkanes) is 1. The molecule has 146 valence electrons. The van der Waals surface area contributed by atoms with Gasteiger partial charge in [-0.25, -0.2) is 4.98 Å². The summed E-state index contributed by atoms with van der Waals surface area (Å²) in [6.45, 7) is 9.03. The molecule has 1 saturated heterocycles. The smallest absolute Gasteiger partial charge is 0.290 e. The Hall–Kier alpha value is -2.41. The number of pyridine rings is 1. The average molecular weight is 371 g/mol. The first-order valence-electron chi connectivity index (χ1n) is 9.81. The van der Waals surface area contributed by atoms with Gasteiger partial charge in [-0.3, -0.25) is 14.0 Å². The zero-order valence-electron chi connectivity index (χ0n) is 16.5. The van der Waals surface area contributed by atoms with Crippen LogP contribution in [-0.4, -0.2) is 82.2 Å². The van der Waals surface area contributed by atoms with Gasteiger partial charge in [0, 0.05) is 46.0 Å². The van der Waals surface area contributed by atoms with Crippen LogP contribution in [0.4, 0.5) is 0 Å². The summed E-state index contributed by atoms with van der Waals surface area (Å²) in [5.41, 5.74) is 1.03. The van der Waals surface area contributed by atoms with E-state index in [-0.39, 0.29) is 11.8 Å². The summed E-state index contributed by atoms with van der Waals surface area (Å²) in [5, 5.41) is 0. The van der Waals surface area contributed by atoms with Crippen LogP contribution >= 0.6 is 0 Å². The predicted molar refractivity (Wildman–Crippen MR) is 105 cm³/mol.